The van der Waals surface area contributed by atoms with Gasteiger partial charge in [-0.05, 0) is 60.9 Å². The molecule has 1 fully saturated rings. The number of anilines is 1. The van der Waals surface area contributed by atoms with Crippen LogP contribution in [0.25, 0.3) is 0 Å². The molecule has 7 heteroatoms. The van der Waals surface area contributed by atoms with Gasteiger partial charge in [0, 0.05) is 23.5 Å². The van der Waals surface area contributed by atoms with Crippen LogP contribution in [0.3, 0.4) is 0 Å². The summed E-state index contributed by atoms with van der Waals surface area (Å²) in [5.41, 5.74) is 2.99. The lowest BCUT2D eigenvalue weighted by atomic mass is 9.91. The van der Waals surface area contributed by atoms with Crippen LogP contribution in [0.2, 0.25) is 0 Å². The monoisotopic (exact) mass is 470 g/mol. The van der Waals surface area contributed by atoms with Gasteiger partial charge in [0.15, 0.2) is 11.5 Å². The number of nitrogens with zero attached hydrogens (tertiary/aromatic N) is 2. The fraction of sp³-hybridized carbons (Fsp3) is 0.391. The number of hydrogen-bond acceptors (Lipinski definition) is 5. The molecule has 0 aliphatic carbocycles. The van der Waals surface area contributed by atoms with E-state index in [0.29, 0.717) is 18.9 Å². The lowest BCUT2D eigenvalue weighted by Crippen LogP contribution is -2.46. The van der Waals surface area contributed by atoms with Crippen LogP contribution in [0.1, 0.15) is 36.9 Å². The first-order valence-corrected chi connectivity index (χ1v) is 11.1. The number of ether oxygens (including phenoxy) is 2. The van der Waals surface area contributed by atoms with Crippen molar-refractivity contribution >= 4 is 33.4 Å². The van der Waals surface area contributed by atoms with Crippen LogP contribution < -0.4 is 14.4 Å². The summed E-state index contributed by atoms with van der Waals surface area (Å²) in [4.78, 5) is 29.5. The number of carbonyl (C=O) groups is 2. The van der Waals surface area contributed by atoms with E-state index in [-0.39, 0.29) is 24.3 Å². The van der Waals surface area contributed by atoms with Gasteiger partial charge >= 0.3 is 0 Å². The fourth-order valence-electron chi connectivity index (χ4n) is 4.66. The van der Waals surface area contributed by atoms with Crippen molar-refractivity contribution in [3.63, 3.8) is 0 Å². The summed E-state index contributed by atoms with van der Waals surface area (Å²) in [5.74, 6) is 1.28. The summed E-state index contributed by atoms with van der Waals surface area (Å²) >= 11 is 3.40. The molecule has 0 bridgehead atoms. The Morgan fingerprint density at radius 2 is 1.73 bits per heavy atom. The average molecular weight is 471 g/mol. The number of benzene rings is 2. The Bertz CT molecular complexity index is 1010. The summed E-state index contributed by atoms with van der Waals surface area (Å²) in [5, 5.41) is 0. The smallest absolute Gasteiger partial charge is 0.251 e. The van der Waals surface area contributed by atoms with E-state index >= 15 is 0 Å². The molecule has 2 aromatic carbocycles. The zero-order valence-corrected chi connectivity index (χ0v) is 18.4. The molecule has 3 aliphatic rings. The summed E-state index contributed by atoms with van der Waals surface area (Å²) in [6.07, 6.45) is 1.89. The van der Waals surface area contributed by atoms with Gasteiger partial charge in [-0.3, -0.25) is 14.5 Å². The van der Waals surface area contributed by atoms with Crippen LogP contribution in [0, 0.1) is 0 Å². The second-order valence-electron chi connectivity index (χ2n) is 7.98. The molecular weight excluding hydrogens is 448 g/mol. The SMILES string of the molecule is CC1c2cc3c(cc2CCN1C1CC(=O)N(c2ccc(Br)cc2)C1=O)OCCCO3. The van der Waals surface area contributed by atoms with Gasteiger partial charge in [0.05, 0.1) is 31.4 Å². The quantitative estimate of drug-likeness (QED) is 0.623. The molecule has 1 saturated heterocycles. The van der Waals surface area contributed by atoms with E-state index in [1.165, 1.54) is 10.5 Å². The Labute approximate surface area is 183 Å². The minimum absolute atomic E-state index is 0.0116. The Kier molecular flexibility index (Phi) is 5.03. The highest BCUT2D eigenvalue weighted by Gasteiger charge is 2.45. The first-order chi connectivity index (χ1) is 14.5. The Balaban J connectivity index is 1.42. The molecule has 3 heterocycles. The van der Waals surface area contributed by atoms with Crippen molar-refractivity contribution < 1.29 is 19.1 Å². The summed E-state index contributed by atoms with van der Waals surface area (Å²) < 4.78 is 12.6. The Hall–Kier alpha value is -2.38. The maximum Gasteiger partial charge on any atom is 0.251 e. The lowest BCUT2D eigenvalue weighted by Gasteiger charge is -2.38. The predicted molar refractivity (Wildman–Crippen MR) is 116 cm³/mol. The molecule has 30 heavy (non-hydrogen) atoms. The molecule has 0 N–H and O–H groups in total. The molecule has 0 spiro atoms. The summed E-state index contributed by atoms with van der Waals surface area (Å²) in [7, 11) is 0. The third kappa shape index (κ3) is 3.30. The molecule has 2 unspecified atom stereocenters. The summed E-state index contributed by atoms with van der Waals surface area (Å²) in [6, 6.07) is 11.0. The molecule has 0 aromatic heterocycles. The topological polar surface area (TPSA) is 59.1 Å². The zero-order valence-electron chi connectivity index (χ0n) is 16.8. The number of amides is 2. The number of rotatable bonds is 2. The second kappa shape index (κ2) is 7.71. The van der Waals surface area contributed by atoms with Crippen LogP contribution in [0.15, 0.2) is 40.9 Å². The molecule has 0 saturated carbocycles. The van der Waals surface area contributed by atoms with Crippen molar-refractivity contribution in [2.75, 3.05) is 24.7 Å². The first kappa shape index (κ1) is 19.6. The molecule has 0 radical (unpaired) electrons. The van der Waals surface area contributed by atoms with Crippen LogP contribution in [0.4, 0.5) is 5.69 Å². The lowest BCUT2D eigenvalue weighted by molar-refractivity contribution is -0.123. The highest BCUT2D eigenvalue weighted by Crippen LogP contribution is 2.41. The fourth-order valence-corrected chi connectivity index (χ4v) is 4.92. The molecule has 3 aliphatic heterocycles. The minimum Gasteiger partial charge on any atom is -0.490 e. The van der Waals surface area contributed by atoms with E-state index < -0.39 is 6.04 Å². The van der Waals surface area contributed by atoms with Crippen LogP contribution in [-0.4, -0.2) is 42.5 Å². The zero-order chi connectivity index (χ0) is 20.8. The van der Waals surface area contributed by atoms with Gasteiger partial charge in [-0.25, -0.2) is 4.90 Å². The van der Waals surface area contributed by atoms with E-state index in [1.807, 2.05) is 12.1 Å². The molecule has 2 aromatic rings. The number of halogens is 1. The van der Waals surface area contributed by atoms with Gasteiger partial charge in [0.2, 0.25) is 5.91 Å². The van der Waals surface area contributed by atoms with Crippen molar-refractivity contribution in [2.24, 2.45) is 0 Å². The molecule has 2 atom stereocenters. The molecule has 2 amide bonds. The van der Waals surface area contributed by atoms with Gasteiger partial charge in [-0.15, -0.1) is 0 Å². The molecule has 156 valence electrons. The van der Waals surface area contributed by atoms with Crippen molar-refractivity contribution in [1.29, 1.82) is 0 Å². The molecule has 5 rings (SSSR count). The van der Waals surface area contributed by atoms with Gasteiger partial charge < -0.3 is 9.47 Å². The molecular formula is C23H23BrN2O4. The number of imide groups is 1. The highest BCUT2D eigenvalue weighted by atomic mass is 79.9. The van der Waals surface area contributed by atoms with E-state index in [1.54, 1.807) is 12.1 Å². The van der Waals surface area contributed by atoms with Crippen LogP contribution in [-0.2, 0) is 16.0 Å². The van der Waals surface area contributed by atoms with E-state index in [2.05, 4.69) is 39.9 Å². The van der Waals surface area contributed by atoms with Crippen LogP contribution in [0.5, 0.6) is 11.5 Å². The van der Waals surface area contributed by atoms with Crippen molar-refractivity contribution in [3.8, 4) is 11.5 Å². The highest BCUT2D eigenvalue weighted by molar-refractivity contribution is 9.10. The van der Waals surface area contributed by atoms with E-state index in [0.717, 1.165) is 40.9 Å². The first-order valence-electron chi connectivity index (χ1n) is 10.3. The number of hydrogen-bond donors (Lipinski definition) is 0. The third-order valence-electron chi connectivity index (χ3n) is 6.20. The van der Waals surface area contributed by atoms with Crippen molar-refractivity contribution in [1.82, 2.24) is 4.90 Å². The maximum atomic E-state index is 13.2. The predicted octanol–water partition coefficient (Wildman–Crippen LogP) is 3.86. The van der Waals surface area contributed by atoms with Gasteiger partial charge in [0.1, 0.15) is 0 Å². The van der Waals surface area contributed by atoms with Gasteiger partial charge in [0.25, 0.3) is 5.91 Å². The van der Waals surface area contributed by atoms with Crippen LogP contribution >= 0.6 is 15.9 Å². The van der Waals surface area contributed by atoms with E-state index in [9.17, 15) is 9.59 Å². The van der Waals surface area contributed by atoms with Crippen molar-refractivity contribution in [3.05, 3.63) is 52.0 Å². The third-order valence-corrected chi connectivity index (χ3v) is 6.73. The van der Waals surface area contributed by atoms with Crippen molar-refractivity contribution in [2.45, 2.75) is 38.3 Å². The largest absolute Gasteiger partial charge is 0.490 e. The number of fused-ring (bicyclic) bond motifs is 2. The standard InChI is InChI=1S/C23H23BrN2O4/c1-14-18-12-21-20(29-9-2-10-30-21)11-15(18)7-8-25(14)19-13-22(27)26(23(19)28)17-5-3-16(24)4-6-17/h3-6,11-12,14,19H,2,7-10,13H2,1H3. The Morgan fingerprint density at radius 3 is 2.47 bits per heavy atom. The van der Waals surface area contributed by atoms with E-state index in [4.69, 9.17) is 9.47 Å². The summed E-state index contributed by atoms with van der Waals surface area (Å²) in [6.45, 7) is 4.13. The second-order valence-corrected chi connectivity index (χ2v) is 8.89. The Morgan fingerprint density at radius 1 is 1.03 bits per heavy atom. The minimum atomic E-state index is -0.444. The van der Waals surface area contributed by atoms with Gasteiger partial charge in [-0.1, -0.05) is 15.9 Å². The maximum absolute atomic E-state index is 13.2. The normalized spacial score (nSPS) is 24.0. The average Bonchev–Trinajstić information content (AvgIpc) is 2.90. The van der Waals surface area contributed by atoms with Gasteiger partial charge in [-0.2, -0.15) is 0 Å². The number of carbonyl (C=O) groups excluding carboxylic acids is 2. The molecule has 6 nitrogen and oxygen atoms in total.